The molecular formula is C18H20F3NO4S. The lowest BCUT2D eigenvalue weighted by Crippen LogP contribution is -2.25. The number of benzene rings is 2. The zero-order chi connectivity index (χ0) is 20.1. The number of sulfone groups is 1. The van der Waals surface area contributed by atoms with E-state index >= 15 is 0 Å². The molecule has 0 aliphatic rings. The lowest BCUT2D eigenvalue weighted by Gasteiger charge is -2.17. The lowest BCUT2D eigenvalue weighted by molar-refractivity contribution is -0.274. The Labute approximate surface area is 156 Å². The molecule has 0 N–H and O–H groups in total. The van der Waals surface area contributed by atoms with Crippen LogP contribution in [0.2, 0.25) is 0 Å². The van der Waals surface area contributed by atoms with Crippen LogP contribution in [-0.4, -0.2) is 46.1 Å². The fourth-order valence-corrected chi connectivity index (χ4v) is 3.75. The van der Waals surface area contributed by atoms with Gasteiger partial charge in [-0.15, -0.1) is 13.2 Å². The molecule has 0 spiro atoms. The summed E-state index contributed by atoms with van der Waals surface area (Å²) in [4.78, 5) is 1.96. The summed E-state index contributed by atoms with van der Waals surface area (Å²) in [6.07, 6.45) is -4.73. The van der Waals surface area contributed by atoms with Crippen molar-refractivity contribution < 1.29 is 31.1 Å². The highest BCUT2D eigenvalue weighted by molar-refractivity contribution is 7.91. The molecule has 2 rings (SSSR count). The minimum atomic E-state index is -4.73. The fourth-order valence-electron chi connectivity index (χ4n) is 2.38. The van der Waals surface area contributed by atoms with Crippen molar-refractivity contribution in [1.29, 1.82) is 0 Å². The van der Waals surface area contributed by atoms with Gasteiger partial charge >= 0.3 is 6.36 Å². The zero-order valence-corrected chi connectivity index (χ0v) is 15.7. The summed E-state index contributed by atoms with van der Waals surface area (Å²) in [5.74, 6) is 0.0754. The molecular weight excluding hydrogens is 383 g/mol. The van der Waals surface area contributed by atoms with E-state index in [1.54, 1.807) is 24.1 Å². The predicted molar refractivity (Wildman–Crippen MR) is 94.5 cm³/mol. The maximum absolute atomic E-state index is 12.4. The van der Waals surface area contributed by atoms with E-state index in [1.165, 1.54) is 43.5 Å². The van der Waals surface area contributed by atoms with Gasteiger partial charge in [-0.3, -0.25) is 0 Å². The van der Waals surface area contributed by atoms with Crippen LogP contribution >= 0.6 is 0 Å². The van der Waals surface area contributed by atoms with Crippen LogP contribution in [0, 0.1) is 0 Å². The molecule has 0 atom stereocenters. The SMILES string of the molecule is COc1cccc(S(=O)(=O)CCN(C)Cc2ccc(OC(F)(F)F)cc2)c1. The highest BCUT2D eigenvalue weighted by Crippen LogP contribution is 2.23. The van der Waals surface area contributed by atoms with E-state index in [2.05, 4.69) is 4.74 Å². The number of nitrogens with zero attached hydrogens (tertiary/aromatic N) is 1. The van der Waals surface area contributed by atoms with Crippen molar-refractivity contribution in [3.8, 4) is 11.5 Å². The summed E-state index contributed by atoms with van der Waals surface area (Å²) in [5.41, 5.74) is 0.741. The van der Waals surface area contributed by atoms with Crippen molar-refractivity contribution in [3.63, 3.8) is 0 Å². The zero-order valence-electron chi connectivity index (χ0n) is 14.9. The lowest BCUT2D eigenvalue weighted by atomic mass is 10.2. The third kappa shape index (κ3) is 6.76. The second-order valence-electron chi connectivity index (χ2n) is 5.93. The number of methoxy groups -OCH3 is 1. The second kappa shape index (κ2) is 8.62. The Morgan fingerprint density at radius 3 is 2.30 bits per heavy atom. The Kier molecular flexibility index (Phi) is 6.72. The quantitative estimate of drug-likeness (QED) is 0.675. The first kappa shape index (κ1) is 21.0. The first-order chi connectivity index (χ1) is 12.6. The van der Waals surface area contributed by atoms with Gasteiger partial charge in [0.15, 0.2) is 9.84 Å². The van der Waals surface area contributed by atoms with E-state index in [-0.39, 0.29) is 22.9 Å². The van der Waals surface area contributed by atoms with Gasteiger partial charge < -0.3 is 14.4 Å². The van der Waals surface area contributed by atoms with E-state index in [0.29, 0.717) is 12.3 Å². The normalized spacial score (nSPS) is 12.2. The average molecular weight is 403 g/mol. The summed E-state index contributed by atoms with van der Waals surface area (Å²) in [6.45, 7) is 0.653. The van der Waals surface area contributed by atoms with Gasteiger partial charge in [-0.1, -0.05) is 18.2 Å². The number of halogens is 3. The Hall–Kier alpha value is -2.26. The van der Waals surface area contributed by atoms with Gasteiger partial charge in [0, 0.05) is 13.1 Å². The van der Waals surface area contributed by atoms with Gasteiger partial charge in [-0.25, -0.2) is 8.42 Å². The predicted octanol–water partition coefficient (Wildman–Crippen LogP) is 3.50. The van der Waals surface area contributed by atoms with Crippen LogP contribution in [0.4, 0.5) is 13.2 Å². The summed E-state index contributed by atoms with van der Waals surface area (Å²) in [6, 6.07) is 11.7. The summed E-state index contributed by atoms with van der Waals surface area (Å²) < 4.78 is 70.2. The molecule has 0 saturated heterocycles. The number of rotatable bonds is 8. The molecule has 148 valence electrons. The monoisotopic (exact) mass is 403 g/mol. The summed E-state index contributed by atoms with van der Waals surface area (Å²) >= 11 is 0. The van der Waals surface area contributed by atoms with Crippen LogP contribution in [0.15, 0.2) is 53.4 Å². The largest absolute Gasteiger partial charge is 0.573 e. The van der Waals surface area contributed by atoms with Gasteiger partial charge in [0.2, 0.25) is 0 Å². The first-order valence-electron chi connectivity index (χ1n) is 7.99. The smallest absolute Gasteiger partial charge is 0.497 e. The molecule has 0 saturated carbocycles. The van der Waals surface area contributed by atoms with Crippen molar-refractivity contribution >= 4 is 9.84 Å². The van der Waals surface area contributed by atoms with Crippen molar-refractivity contribution in [1.82, 2.24) is 4.90 Å². The molecule has 0 fully saturated rings. The third-order valence-corrected chi connectivity index (χ3v) is 5.44. The molecule has 2 aromatic rings. The third-order valence-electron chi connectivity index (χ3n) is 3.75. The van der Waals surface area contributed by atoms with Crippen LogP contribution in [-0.2, 0) is 16.4 Å². The van der Waals surface area contributed by atoms with Crippen molar-refractivity contribution in [2.24, 2.45) is 0 Å². The molecule has 9 heteroatoms. The van der Waals surface area contributed by atoms with Gasteiger partial charge in [0.1, 0.15) is 11.5 Å². The minimum absolute atomic E-state index is 0.0913. The fraction of sp³-hybridized carbons (Fsp3) is 0.333. The van der Waals surface area contributed by atoms with E-state index in [1.807, 2.05) is 0 Å². The summed E-state index contributed by atoms with van der Waals surface area (Å²) in [7, 11) is -0.274. The molecule has 0 aromatic heterocycles. The molecule has 5 nitrogen and oxygen atoms in total. The molecule has 0 aliphatic heterocycles. The molecule has 0 aliphatic carbocycles. The van der Waals surface area contributed by atoms with Crippen LogP contribution in [0.1, 0.15) is 5.56 Å². The van der Waals surface area contributed by atoms with Gasteiger partial charge in [-0.2, -0.15) is 0 Å². The van der Waals surface area contributed by atoms with Gasteiger partial charge in [0.25, 0.3) is 0 Å². The molecule has 0 radical (unpaired) electrons. The Balaban J connectivity index is 1.92. The van der Waals surface area contributed by atoms with E-state index < -0.39 is 16.2 Å². The molecule has 0 amide bonds. The molecule has 0 heterocycles. The van der Waals surface area contributed by atoms with Crippen molar-refractivity contribution in [2.45, 2.75) is 17.8 Å². The maximum Gasteiger partial charge on any atom is 0.573 e. The van der Waals surface area contributed by atoms with Crippen molar-refractivity contribution in [3.05, 3.63) is 54.1 Å². The minimum Gasteiger partial charge on any atom is -0.497 e. The number of alkyl halides is 3. The number of hydrogen-bond acceptors (Lipinski definition) is 5. The highest BCUT2D eigenvalue weighted by Gasteiger charge is 2.30. The highest BCUT2D eigenvalue weighted by atomic mass is 32.2. The van der Waals surface area contributed by atoms with Crippen LogP contribution in [0.25, 0.3) is 0 Å². The Bertz CT molecular complexity index is 852. The van der Waals surface area contributed by atoms with Crippen LogP contribution < -0.4 is 9.47 Å². The van der Waals surface area contributed by atoms with Gasteiger partial charge in [-0.05, 0) is 42.9 Å². The second-order valence-corrected chi connectivity index (χ2v) is 8.04. The standard InChI is InChI=1S/C18H20F3NO4S/c1-22(13-14-6-8-15(9-7-14)26-18(19,20)21)10-11-27(23,24)17-5-3-4-16(12-17)25-2/h3-9,12H,10-11,13H2,1-2H3. The van der Waals surface area contributed by atoms with E-state index in [0.717, 1.165) is 5.56 Å². The molecule has 0 bridgehead atoms. The van der Waals surface area contributed by atoms with Crippen LogP contribution in [0.5, 0.6) is 11.5 Å². The number of ether oxygens (including phenoxy) is 2. The van der Waals surface area contributed by atoms with Crippen LogP contribution in [0.3, 0.4) is 0 Å². The number of hydrogen-bond donors (Lipinski definition) is 0. The van der Waals surface area contributed by atoms with E-state index in [4.69, 9.17) is 4.74 Å². The Morgan fingerprint density at radius 2 is 1.70 bits per heavy atom. The van der Waals surface area contributed by atoms with E-state index in [9.17, 15) is 21.6 Å². The molecule has 0 unspecified atom stereocenters. The Morgan fingerprint density at radius 1 is 1.04 bits per heavy atom. The first-order valence-corrected chi connectivity index (χ1v) is 9.64. The topological polar surface area (TPSA) is 55.8 Å². The van der Waals surface area contributed by atoms with Gasteiger partial charge in [0.05, 0.1) is 17.8 Å². The molecule has 27 heavy (non-hydrogen) atoms. The molecule has 2 aromatic carbocycles. The maximum atomic E-state index is 12.4. The summed E-state index contributed by atoms with van der Waals surface area (Å²) in [5, 5.41) is 0. The average Bonchev–Trinajstić information content (AvgIpc) is 2.60. The van der Waals surface area contributed by atoms with Crippen molar-refractivity contribution in [2.75, 3.05) is 26.5 Å².